The normalized spacial score (nSPS) is 15.1. The zero-order valence-electron chi connectivity index (χ0n) is 12.4. The monoisotopic (exact) mass is 308 g/mol. The van der Waals surface area contributed by atoms with Crippen molar-refractivity contribution in [2.75, 3.05) is 26.9 Å². The lowest BCUT2D eigenvalue weighted by molar-refractivity contribution is 0.0815. The Balaban J connectivity index is 2.24. The Morgan fingerprint density at radius 2 is 2.18 bits per heavy atom. The second kappa shape index (κ2) is 7.85. The molecule has 0 fully saturated rings. The van der Waals surface area contributed by atoms with E-state index in [-0.39, 0.29) is 0 Å². The average molecular weight is 308 g/mol. The first-order valence-electron chi connectivity index (χ1n) is 7.17. The van der Waals surface area contributed by atoms with Crippen molar-refractivity contribution in [2.24, 2.45) is 4.99 Å². The maximum atomic E-state index is 12.3. The molecule has 1 aromatic carbocycles. The molecular weight excluding hydrogens is 290 g/mol. The van der Waals surface area contributed by atoms with E-state index < -0.39 is 13.0 Å². The van der Waals surface area contributed by atoms with E-state index in [0.29, 0.717) is 37.3 Å². The zero-order valence-corrected chi connectivity index (χ0v) is 12.4. The Hall–Kier alpha value is -2.00. The van der Waals surface area contributed by atoms with Crippen LogP contribution in [0.3, 0.4) is 0 Å². The van der Waals surface area contributed by atoms with Gasteiger partial charge in [-0.2, -0.15) is 5.26 Å². The largest absolute Gasteiger partial charge is 0.487 e. The number of methoxy groups -OCH3 is 1. The summed E-state index contributed by atoms with van der Waals surface area (Å²) < 4.78 is 34.8. The molecule has 0 heterocycles. The number of fused-ring (bicyclic) bond motifs is 1. The van der Waals surface area contributed by atoms with Gasteiger partial charge in [0.2, 0.25) is 0 Å². The average Bonchev–Trinajstić information content (AvgIpc) is 2.93. The van der Waals surface area contributed by atoms with Gasteiger partial charge in [0.05, 0.1) is 11.6 Å². The first kappa shape index (κ1) is 16.4. The van der Waals surface area contributed by atoms with Gasteiger partial charge in [-0.1, -0.05) is 0 Å². The molecule has 2 rings (SSSR count). The molecule has 22 heavy (non-hydrogen) atoms. The Bertz CT molecular complexity index is 595. The molecule has 0 aliphatic heterocycles. The van der Waals surface area contributed by atoms with E-state index >= 15 is 0 Å². The summed E-state index contributed by atoms with van der Waals surface area (Å²) in [7, 11) is 1.64. The number of halogens is 2. The van der Waals surface area contributed by atoms with E-state index in [1.807, 2.05) is 0 Å². The third-order valence-corrected chi connectivity index (χ3v) is 3.46. The van der Waals surface area contributed by atoms with Crippen LogP contribution in [-0.2, 0) is 11.2 Å². The number of alkyl halides is 2. The number of hydrogen-bond acceptors (Lipinski definition) is 4. The van der Waals surface area contributed by atoms with Crippen LogP contribution < -0.4 is 4.74 Å². The van der Waals surface area contributed by atoms with Gasteiger partial charge in [0.15, 0.2) is 0 Å². The molecule has 0 amide bonds. The topological polar surface area (TPSA) is 54.6 Å². The number of nitrogens with zero attached hydrogens (tertiary/aromatic N) is 2. The summed E-state index contributed by atoms with van der Waals surface area (Å²) in [5.41, 5.74) is 2.93. The van der Waals surface area contributed by atoms with Crippen molar-refractivity contribution < 1.29 is 18.3 Å². The lowest BCUT2D eigenvalue weighted by Gasteiger charge is -2.11. The highest BCUT2D eigenvalue weighted by atomic mass is 19.3. The molecule has 1 aliphatic rings. The van der Waals surface area contributed by atoms with E-state index in [9.17, 15) is 14.0 Å². The second-order valence-corrected chi connectivity index (χ2v) is 4.95. The first-order valence-corrected chi connectivity index (χ1v) is 7.17. The van der Waals surface area contributed by atoms with Gasteiger partial charge in [0, 0.05) is 37.1 Å². The highest BCUT2D eigenvalue weighted by Gasteiger charge is 2.25. The predicted octanol–water partition coefficient (Wildman–Crippen LogP) is 2.97. The van der Waals surface area contributed by atoms with E-state index in [1.54, 1.807) is 19.2 Å². The van der Waals surface area contributed by atoms with Crippen LogP contribution in [0, 0.1) is 11.3 Å². The van der Waals surface area contributed by atoms with Crippen molar-refractivity contribution in [3.63, 3.8) is 0 Å². The molecule has 0 radical (unpaired) electrons. The third-order valence-electron chi connectivity index (χ3n) is 3.46. The van der Waals surface area contributed by atoms with Crippen LogP contribution in [0.2, 0.25) is 0 Å². The van der Waals surface area contributed by atoms with Crippen LogP contribution in [0.25, 0.3) is 0 Å². The summed E-state index contributed by atoms with van der Waals surface area (Å²) in [6, 6.07) is 5.34. The van der Waals surface area contributed by atoms with Crippen molar-refractivity contribution in [2.45, 2.75) is 25.7 Å². The van der Waals surface area contributed by atoms with Gasteiger partial charge >= 0.3 is 0 Å². The summed E-state index contributed by atoms with van der Waals surface area (Å²) in [6.07, 6.45) is -0.355. The maximum absolute atomic E-state index is 12.3. The maximum Gasteiger partial charge on any atom is 0.272 e. The van der Waals surface area contributed by atoms with Gasteiger partial charge in [0.25, 0.3) is 6.43 Å². The van der Waals surface area contributed by atoms with Crippen molar-refractivity contribution >= 4 is 5.71 Å². The van der Waals surface area contributed by atoms with Gasteiger partial charge in [-0.15, -0.1) is 0 Å². The summed E-state index contributed by atoms with van der Waals surface area (Å²) in [5.74, 6) is 0.427. The molecule has 1 aromatic rings. The highest BCUT2D eigenvalue weighted by Crippen LogP contribution is 2.33. The molecule has 0 aromatic heterocycles. The molecule has 4 nitrogen and oxygen atoms in total. The van der Waals surface area contributed by atoms with Gasteiger partial charge in [-0.05, 0) is 31.4 Å². The van der Waals surface area contributed by atoms with Crippen LogP contribution in [0.4, 0.5) is 8.78 Å². The fraction of sp³-hybridized carbons (Fsp3) is 0.500. The standard InChI is InChI=1S/C16H18F2N2O2/c1-21-8-2-7-20-13-5-4-12-14(22-10-15(17)18)6-3-11(9-19)16(12)13/h3,6,15H,2,4-5,7-8,10H2,1H3. The minimum Gasteiger partial charge on any atom is -0.487 e. The van der Waals surface area contributed by atoms with E-state index in [1.165, 1.54) is 0 Å². The molecule has 118 valence electrons. The zero-order chi connectivity index (χ0) is 15.9. The Morgan fingerprint density at radius 1 is 1.36 bits per heavy atom. The van der Waals surface area contributed by atoms with Crippen LogP contribution >= 0.6 is 0 Å². The predicted molar refractivity (Wildman–Crippen MR) is 78.9 cm³/mol. The first-order chi connectivity index (χ1) is 10.7. The Kier molecular flexibility index (Phi) is 5.84. The number of hydrogen-bond donors (Lipinski definition) is 0. The SMILES string of the molecule is COCCCN=C1CCc2c(OCC(F)F)ccc(C#N)c21. The molecule has 6 heteroatoms. The number of nitriles is 1. The van der Waals surface area contributed by atoms with Crippen LogP contribution in [0.5, 0.6) is 5.75 Å². The molecule has 0 saturated heterocycles. The summed E-state index contributed by atoms with van der Waals surface area (Å²) in [6.45, 7) is 0.612. The fourth-order valence-corrected chi connectivity index (χ4v) is 2.54. The summed E-state index contributed by atoms with van der Waals surface area (Å²) in [4.78, 5) is 4.53. The molecular formula is C16H18F2N2O2. The summed E-state index contributed by atoms with van der Waals surface area (Å²) >= 11 is 0. The van der Waals surface area contributed by atoms with Gasteiger partial charge < -0.3 is 9.47 Å². The fourth-order valence-electron chi connectivity index (χ4n) is 2.54. The highest BCUT2D eigenvalue weighted by molar-refractivity contribution is 6.07. The smallest absolute Gasteiger partial charge is 0.272 e. The lowest BCUT2D eigenvalue weighted by Crippen LogP contribution is -2.09. The molecule has 0 N–H and O–H groups in total. The molecule has 0 saturated carbocycles. The molecule has 1 aliphatic carbocycles. The molecule has 0 spiro atoms. The van der Waals surface area contributed by atoms with Crippen LogP contribution in [-0.4, -0.2) is 39.0 Å². The number of rotatable bonds is 7. The molecule has 0 atom stereocenters. The van der Waals surface area contributed by atoms with Gasteiger partial charge in [0.1, 0.15) is 12.4 Å². The Labute approximate surface area is 128 Å². The van der Waals surface area contributed by atoms with E-state index in [4.69, 9.17) is 9.47 Å². The van der Waals surface area contributed by atoms with E-state index in [2.05, 4.69) is 11.1 Å². The van der Waals surface area contributed by atoms with Crippen molar-refractivity contribution in [3.8, 4) is 11.8 Å². The van der Waals surface area contributed by atoms with Crippen molar-refractivity contribution in [3.05, 3.63) is 28.8 Å². The van der Waals surface area contributed by atoms with E-state index in [0.717, 1.165) is 23.3 Å². The third kappa shape index (κ3) is 3.80. The number of aliphatic imine (C=N–C) groups is 1. The molecule has 0 bridgehead atoms. The van der Waals surface area contributed by atoms with Crippen molar-refractivity contribution in [1.29, 1.82) is 5.26 Å². The van der Waals surface area contributed by atoms with Crippen LogP contribution in [0.1, 0.15) is 29.5 Å². The molecule has 0 unspecified atom stereocenters. The summed E-state index contributed by atoms with van der Waals surface area (Å²) in [5, 5.41) is 9.25. The lowest BCUT2D eigenvalue weighted by atomic mass is 10.0. The van der Waals surface area contributed by atoms with Gasteiger partial charge in [-0.3, -0.25) is 4.99 Å². The van der Waals surface area contributed by atoms with Gasteiger partial charge in [-0.25, -0.2) is 8.78 Å². The van der Waals surface area contributed by atoms with Crippen LogP contribution in [0.15, 0.2) is 17.1 Å². The minimum absolute atomic E-state index is 0.427. The quantitative estimate of drug-likeness (QED) is 0.728. The minimum atomic E-state index is -2.52. The van der Waals surface area contributed by atoms with Crippen molar-refractivity contribution in [1.82, 2.24) is 0 Å². The second-order valence-electron chi connectivity index (χ2n) is 4.95. The number of benzene rings is 1. The Morgan fingerprint density at radius 3 is 2.86 bits per heavy atom. The number of ether oxygens (including phenoxy) is 2.